The number of rotatable bonds is 1. The van der Waals surface area contributed by atoms with Crippen molar-refractivity contribution < 1.29 is 4.79 Å². The van der Waals surface area contributed by atoms with Crippen molar-refractivity contribution in [2.45, 2.75) is 0 Å². The molecule has 0 N–H and O–H groups in total. The van der Waals surface area contributed by atoms with E-state index in [9.17, 15) is 4.79 Å². The molecule has 1 rings (SSSR count). The van der Waals surface area contributed by atoms with Crippen LogP contribution in [0.5, 0.6) is 0 Å². The van der Waals surface area contributed by atoms with Crippen molar-refractivity contribution in [2.24, 2.45) is 0 Å². The van der Waals surface area contributed by atoms with Crippen LogP contribution < -0.4 is 0 Å². The molecule has 0 aliphatic heterocycles. The van der Waals surface area contributed by atoms with Gasteiger partial charge >= 0.3 is 0 Å². The molecule has 0 aliphatic carbocycles. The summed E-state index contributed by atoms with van der Waals surface area (Å²) < 4.78 is 7.10. The predicted molar refractivity (Wildman–Crippen MR) is 24.7 cm³/mol. The van der Waals surface area contributed by atoms with Crippen LogP contribution in [0.1, 0.15) is 5.69 Å². The van der Waals surface area contributed by atoms with Crippen molar-refractivity contribution in [3.05, 3.63) is 11.9 Å². The normalized spacial score (nSPS) is 8.57. The minimum Gasteiger partial charge on any atom is -0.283 e. The predicted octanol–water partition coefficient (Wildman–Crippen LogP) is -0.00410. The molecule has 0 amide bonds. The maximum Gasteiger partial charge on any atom is 0.256 e. The Kier molecular flexibility index (Phi) is 1.12. The molecule has 0 bridgehead atoms. The maximum atomic E-state index is 9.65. The van der Waals surface area contributed by atoms with Crippen molar-refractivity contribution >= 4 is 18.0 Å². The van der Waals surface area contributed by atoms with Crippen LogP contribution in [-0.4, -0.2) is 15.0 Å². The van der Waals surface area contributed by atoms with E-state index < -0.39 is 0 Å². The highest BCUT2D eigenvalue weighted by atomic mass is 32.1. The SMILES string of the molecule is O=[C]c1cnsn1. The second kappa shape index (κ2) is 1.79. The molecule has 3 nitrogen and oxygen atoms in total. The molecule has 0 atom stereocenters. The molecule has 0 fully saturated rings. The number of hydrogen-bond donors (Lipinski definition) is 0. The van der Waals surface area contributed by atoms with E-state index in [0.29, 0.717) is 0 Å². The Hall–Kier alpha value is -0.770. The Morgan fingerprint density at radius 1 is 1.86 bits per heavy atom. The van der Waals surface area contributed by atoms with Gasteiger partial charge in [-0.2, -0.15) is 8.75 Å². The third-order valence-corrected chi connectivity index (χ3v) is 0.944. The lowest BCUT2D eigenvalue weighted by Gasteiger charge is -1.59. The summed E-state index contributed by atoms with van der Waals surface area (Å²) in [5, 5.41) is 0. The average molecular weight is 113 g/mol. The molecule has 0 saturated heterocycles. The fourth-order valence-electron chi connectivity index (χ4n) is 0.210. The largest absolute Gasteiger partial charge is 0.283 e. The van der Waals surface area contributed by atoms with Crippen molar-refractivity contribution in [1.82, 2.24) is 8.75 Å². The molecule has 0 aliphatic rings. The van der Waals surface area contributed by atoms with Gasteiger partial charge in [-0.1, -0.05) is 0 Å². The first-order valence-corrected chi connectivity index (χ1v) is 2.32. The lowest BCUT2D eigenvalue weighted by Crippen LogP contribution is -1.72. The van der Waals surface area contributed by atoms with E-state index in [1.54, 1.807) is 6.29 Å². The number of carbonyl (C=O) groups excluding carboxylic acids is 1. The molecule has 0 spiro atoms. The molecule has 4 heteroatoms. The second-order valence-corrected chi connectivity index (χ2v) is 1.45. The molecule has 1 aromatic rings. The summed E-state index contributed by atoms with van der Waals surface area (Å²) in [6, 6.07) is 0. The standard InChI is InChI=1S/C3HN2OS/c6-2-3-1-4-7-5-3/h1H. The van der Waals surface area contributed by atoms with Crippen LogP contribution in [-0.2, 0) is 4.79 Å². The number of aromatic nitrogens is 2. The number of hydrogen-bond acceptors (Lipinski definition) is 4. The number of nitrogens with zero attached hydrogens (tertiary/aromatic N) is 2. The lowest BCUT2D eigenvalue weighted by atomic mass is 10.6. The van der Waals surface area contributed by atoms with Gasteiger partial charge in [-0.25, -0.2) is 0 Å². The van der Waals surface area contributed by atoms with E-state index in [-0.39, 0.29) is 5.69 Å². The van der Waals surface area contributed by atoms with Gasteiger partial charge in [0, 0.05) is 0 Å². The molecule has 1 heterocycles. The monoisotopic (exact) mass is 113 g/mol. The van der Waals surface area contributed by atoms with Gasteiger partial charge in [-0.3, -0.25) is 4.79 Å². The molecular formula is C3HN2OS. The van der Waals surface area contributed by atoms with Crippen molar-refractivity contribution in [2.75, 3.05) is 0 Å². The van der Waals surface area contributed by atoms with E-state index in [1.165, 1.54) is 6.20 Å². The van der Waals surface area contributed by atoms with Crippen molar-refractivity contribution in [3.8, 4) is 0 Å². The third-order valence-electron chi connectivity index (χ3n) is 0.466. The van der Waals surface area contributed by atoms with E-state index >= 15 is 0 Å². The molecule has 0 unspecified atom stereocenters. The zero-order chi connectivity index (χ0) is 5.11. The highest BCUT2D eigenvalue weighted by Crippen LogP contribution is 1.87. The van der Waals surface area contributed by atoms with Gasteiger partial charge in [-0.15, -0.1) is 0 Å². The van der Waals surface area contributed by atoms with Gasteiger partial charge in [0.1, 0.15) is 5.69 Å². The zero-order valence-corrected chi connectivity index (χ0v) is 4.10. The zero-order valence-electron chi connectivity index (χ0n) is 3.29. The van der Waals surface area contributed by atoms with Crippen LogP contribution in [0.3, 0.4) is 0 Å². The average Bonchev–Trinajstić information content (AvgIpc) is 2.14. The first-order chi connectivity index (χ1) is 3.43. The Labute approximate surface area is 44.3 Å². The molecule has 0 saturated carbocycles. The minimum atomic E-state index is 0.282. The topological polar surface area (TPSA) is 42.9 Å². The first-order valence-electron chi connectivity index (χ1n) is 1.59. The van der Waals surface area contributed by atoms with Crippen LogP contribution in [0.15, 0.2) is 6.20 Å². The fourth-order valence-corrected chi connectivity index (χ4v) is 0.576. The van der Waals surface area contributed by atoms with Gasteiger partial charge in [0.15, 0.2) is 0 Å². The summed E-state index contributed by atoms with van der Waals surface area (Å²) in [6.45, 7) is 0. The molecule has 7 heavy (non-hydrogen) atoms. The smallest absolute Gasteiger partial charge is 0.256 e. The van der Waals surface area contributed by atoms with E-state index in [1.807, 2.05) is 0 Å². The van der Waals surface area contributed by atoms with Crippen LogP contribution in [0, 0.1) is 0 Å². The molecular weight excluding hydrogens is 112 g/mol. The Morgan fingerprint density at radius 3 is 3.00 bits per heavy atom. The summed E-state index contributed by atoms with van der Waals surface area (Å²) in [5.74, 6) is 0. The van der Waals surface area contributed by atoms with Gasteiger partial charge in [0.2, 0.25) is 0 Å². The minimum absolute atomic E-state index is 0.282. The molecule has 1 radical (unpaired) electrons. The van der Waals surface area contributed by atoms with Crippen LogP contribution in [0.2, 0.25) is 0 Å². The van der Waals surface area contributed by atoms with Crippen molar-refractivity contribution in [1.29, 1.82) is 0 Å². The highest BCUT2D eigenvalue weighted by molar-refractivity contribution is 6.99. The van der Waals surface area contributed by atoms with Gasteiger partial charge in [0.05, 0.1) is 17.9 Å². The summed E-state index contributed by atoms with van der Waals surface area (Å²) in [4.78, 5) is 9.65. The van der Waals surface area contributed by atoms with E-state index in [0.717, 1.165) is 11.7 Å². The fraction of sp³-hybridized carbons (Fsp3) is 0. The summed E-state index contributed by atoms with van der Waals surface area (Å²) in [6.07, 6.45) is 2.97. The summed E-state index contributed by atoms with van der Waals surface area (Å²) >= 11 is 1.00. The van der Waals surface area contributed by atoms with E-state index in [2.05, 4.69) is 8.75 Å². The molecule has 0 aromatic carbocycles. The van der Waals surface area contributed by atoms with Gasteiger partial charge in [0.25, 0.3) is 6.29 Å². The Balaban J connectivity index is 2.96. The molecule has 35 valence electrons. The van der Waals surface area contributed by atoms with Crippen LogP contribution in [0.4, 0.5) is 0 Å². The third kappa shape index (κ3) is 0.806. The Bertz CT molecular complexity index is 148. The Morgan fingerprint density at radius 2 is 2.71 bits per heavy atom. The maximum absolute atomic E-state index is 9.65. The lowest BCUT2D eigenvalue weighted by molar-refractivity contribution is 0.562. The molecule has 1 aromatic heterocycles. The van der Waals surface area contributed by atoms with Gasteiger partial charge < -0.3 is 0 Å². The first kappa shape index (κ1) is 4.39. The van der Waals surface area contributed by atoms with Crippen LogP contribution >= 0.6 is 11.7 Å². The second-order valence-electron chi connectivity index (χ2n) is 0.895. The van der Waals surface area contributed by atoms with E-state index in [4.69, 9.17) is 0 Å². The quantitative estimate of drug-likeness (QED) is 0.514. The summed E-state index contributed by atoms with van der Waals surface area (Å²) in [7, 11) is 0. The van der Waals surface area contributed by atoms with Crippen LogP contribution in [0.25, 0.3) is 0 Å². The van der Waals surface area contributed by atoms with Gasteiger partial charge in [-0.05, 0) is 0 Å². The summed E-state index contributed by atoms with van der Waals surface area (Å²) in [5.41, 5.74) is 0.282. The van der Waals surface area contributed by atoms with Crippen molar-refractivity contribution in [3.63, 3.8) is 0 Å². The highest BCUT2D eigenvalue weighted by Gasteiger charge is 1.88.